The van der Waals surface area contributed by atoms with Crippen molar-refractivity contribution >= 4 is 22.6 Å². The Kier molecular flexibility index (Phi) is 6.89. The molecule has 0 bridgehead atoms. The number of hydrogen-bond acceptors (Lipinski definition) is 10. The molecular formula is C32H30ClN9O3. The van der Waals surface area contributed by atoms with Crippen LogP contribution in [0, 0.1) is 11.3 Å². The van der Waals surface area contributed by atoms with E-state index in [0.29, 0.717) is 28.2 Å². The topological polar surface area (TPSA) is 140 Å². The number of ether oxygens (including phenoxy) is 3. The Balaban J connectivity index is 0.997. The molecule has 7 heterocycles. The Morgan fingerprint density at radius 3 is 2.69 bits per heavy atom. The summed E-state index contributed by atoms with van der Waals surface area (Å²) in [4.78, 5) is 19.5. The van der Waals surface area contributed by atoms with Crippen molar-refractivity contribution in [1.29, 1.82) is 5.26 Å². The number of fused-ring (bicyclic) bond motifs is 2. The minimum Gasteiger partial charge on any atom is -0.443 e. The Bertz CT molecular complexity index is 1920. The zero-order valence-corrected chi connectivity index (χ0v) is 25.4. The monoisotopic (exact) mass is 623 g/mol. The van der Waals surface area contributed by atoms with E-state index in [9.17, 15) is 0 Å². The Morgan fingerprint density at radius 2 is 1.96 bits per heavy atom. The number of aromatic nitrogens is 7. The van der Waals surface area contributed by atoms with E-state index in [-0.39, 0.29) is 11.9 Å². The molecule has 3 aliphatic rings. The van der Waals surface area contributed by atoms with Crippen LogP contribution in [0.5, 0.6) is 11.5 Å². The molecular weight excluding hydrogens is 594 g/mol. The highest BCUT2D eigenvalue weighted by Crippen LogP contribution is 2.49. The van der Waals surface area contributed by atoms with Gasteiger partial charge in [-0.1, -0.05) is 23.7 Å². The van der Waals surface area contributed by atoms with Crippen molar-refractivity contribution in [2.75, 3.05) is 19.7 Å². The molecule has 5 aromatic rings. The van der Waals surface area contributed by atoms with Crippen LogP contribution >= 0.6 is 11.6 Å². The van der Waals surface area contributed by atoms with E-state index in [4.69, 9.17) is 36.1 Å². The summed E-state index contributed by atoms with van der Waals surface area (Å²) >= 11 is 6.06. The summed E-state index contributed by atoms with van der Waals surface area (Å²) in [5.74, 6) is 2.45. The summed E-state index contributed by atoms with van der Waals surface area (Å²) in [6.07, 6.45) is 6.62. The third kappa shape index (κ3) is 5.16. The molecule has 12 nitrogen and oxygen atoms in total. The lowest BCUT2D eigenvalue weighted by molar-refractivity contribution is -0.0722. The second-order valence-electron chi connectivity index (χ2n) is 11.8. The third-order valence-electron chi connectivity index (χ3n) is 8.92. The molecule has 13 heteroatoms. The van der Waals surface area contributed by atoms with Gasteiger partial charge in [0.1, 0.15) is 23.3 Å². The predicted octanol–water partition coefficient (Wildman–Crippen LogP) is 4.95. The van der Waals surface area contributed by atoms with Crippen molar-refractivity contribution in [2.45, 2.75) is 57.1 Å². The van der Waals surface area contributed by atoms with Crippen LogP contribution in [0.2, 0.25) is 5.02 Å². The molecule has 228 valence electrons. The molecule has 2 saturated heterocycles. The number of hydrogen-bond donors (Lipinski definition) is 1. The highest BCUT2D eigenvalue weighted by Gasteiger charge is 2.42. The van der Waals surface area contributed by atoms with Gasteiger partial charge < -0.3 is 23.8 Å². The summed E-state index contributed by atoms with van der Waals surface area (Å²) in [6, 6.07) is 13.7. The van der Waals surface area contributed by atoms with E-state index in [1.54, 1.807) is 12.3 Å². The zero-order valence-electron chi connectivity index (χ0n) is 24.6. The number of benzene rings is 1. The van der Waals surface area contributed by atoms with E-state index in [1.807, 2.05) is 43.5 Å². The second-order valence-corrected chi connectivity index (χ2v) is 12.3. The molecule has 0 saturated carbocycles. The summed E-state index contributed by atoms with van der Waals surface area (Å²) < 4.78 is 20.8. The van der Waals surface area contributed by atoms with Gasteiger partial charge in [0.15, 0.2) is 17.3 Å². The number of rotatable bonds is 7. The van der Waals surface area contributed by atoms with E-state index >= 15 is 0 Å². The first kappa shape index (κ1) is 27.9. The van der Waals surface area contributed by atoms with E-state index in [0.717, 1.165) is 80.4 Å². The molecule has 4 aromatic heterocycles. The minimum atomic E-state index is -1.01. The SMILES string of the molecule is C[C@]1(c2ccc(Cl)cn2)Oc2cccc(C3CCN(Cc4nc5cc(-c6nnc(C#N)[nH]6)ncc5n4C[C@@H]4CCO4)CC3)c2O1. The van der Waals surface area contributed by atoms with E-state index in [2.05, 4.69) is 40.7 Å². The largest absolute Gasteiger partial charge is 0.443 e. The van der Waals surface area contributed by atoms with Crippen LogP contribution in [0.25, 0.3) is 22.6 Å². The molecule has 3 aliphatic heterocycles. The van der Waals surface area contributed by atoms with Crippen LogP contribution in [0.4, 0.5) is 0 Å². The van der Waals surface area contributed by atoms with Crippen LogP contribution in [0.1, 0.15) is 55.0 Å². The number of pyridine rings is 2. The molecule has 0 aliphatic carbocycles. The first-order chi connectivity index (χ1) is 22.0. The Hall–Kier alpha value is -4.57. The molecule has 0 radical (unpaired) electrons. The maximum absolute atomic E-state index is 9.12. The standard InChI is InChI=1S/C32H30ClN9O3/c1-32(27-6-5-20(33)15-36-27)44-26-4-2-3-22(30(26)45-32)19-7-10-41(11-8-19)18-29-37-23-13-24(31-38-28(14-34)39-40-31)35-16-25(23)42(29)17-21-9-12-43-21/h2-6,13,15-16,19,21H,7-12,17-18H2,1H3,(H,38,39,40)/t21-,32-/m0/s1. The second kappa shape index (κ2) is 11.1. The van der Waals surface area contributed by atoms with Crippen molar-refractivity contribution in [3.8, 4) is 29.1 Å². The fourth-order valence-electron chi connectivity index (χ4n) is 6.41. The van der Waals surface area contributed by atoms with Gasteiger partial charge in [0.25, 0.3) is 5.79 Å². The van der Waals surface area contributed by atoms with Gasteiger partial charge in [0.05, 0.1) is 41.4 Å². The molecule has 8 rings (SSSR count). The van der Waals surface area contributed by atoms with Gasteiger partial charge in [0.2, 0.25) is 5.82 Å². The number of nitrogens with one attached hydrogen (secondary N) is 1. The lowest BCUT2D eigenvalue weighted by Crippen LogP contribution is -2.35. The summed E-state index contributed by atoms with van der Waals surface area (Å²) in [7, 11) is 0. The number of H-pyrrole nitrogens is 1. The average molecular weight is 624 g/mol. The number of aromatic amines is 1. The van der Waals surface area contributed by atoms with Gasteiger partial charge in [-0.15, -0.1) is 10.2 Å². The number of likely N-dealkylation sites (tertiary alicyclic amines) is 1. The summed E-state index contributed by atoms with van der Waals surface area (Å²) in [5.41, 5.74) is 4.22. The fraction of sp³-hybridized carbons (Fsp3) is 0.375. The van der Waals surface area contributed by atoms with Gasteiger partial charge in [-0.2, -0.15) is 5.26 Å². The maximum atomic E-state index is 9.12. The molecule has 2 fully saturated rings. The van der Waals surface area contributed by atoms with E-state index < -0.39 is 5.79 Å². The highest BCUT2D eigenvalue weighted by molar-refractivity contribution is 6.30. The summed E-state index contributed by atoms with van der Waals surface area (Å²) in [5, 5.41) is 17.6. The number of halogens is 1. The van der Waals surface area contributed by atoms with Crippen LogP contribution in [0.15, 0.2) is 48.8 Å². The molecule has 45 heavy (non-hydrogen) atoms. The van der Waals surface area contributed by atoms with E-state index in [1.165, 1.54) is 5.56 Å². The fourth-order valence-corrected chi connectivity index (χ4v) is 6.52. The normalized spacial score (nSPS) is 21.6. The molecule has 1 N–H and O–H groups in total. The first-order valence-corrected chi connectivity index (χ1v) is 15.5. The molecule has 0 amide bonds. The highest BCUT2D eigenvalue weighted by atomic mass is 35.5. The number of nitriles is 1. The third-order valence-corrected chi connectivity index (χ3v) is 9.15. The number of piperidine rings is 1. The van der Waals surface area contributed by atoms with Crippen LogP contribution in [-0.2, 0) is 23.6 Å². The van der Waals surface area contributed by atoms with Crippen molar-refractivity contribution in [1.82, 2.24) is 39.6 Å². The quantitative estimate of drug-likeness (QED) is 0.265. The van der Waals surface area contributed by atoms with Crippen molar-refractivity contribution in [2.24, 2.45) is 0 Å². The number of para-hydroxylation sites is 1. The van der Waals surface area contributed by atoms with Gasteiger partial charge >= 0.3 is 0 Å². The van der Waals surface area contributed by atoms with Crippen LogP contribution in [0.3, 0.4) is 0 Å². The minimum absolute atomic E-state index is 0.149. The van der Waals surface area contributed by atoms with Crippen molar-refractivity contribution < 1.29 is 14.2 Å². The molecule has 0 unspecified atom stereocenters. The number of imidazole rings is 1. The van der Waals surface area contributed by atoms with Gasteiger partial charge in [-0.3, -0.25) is 14.9 Å². The van der Waals surface area contributed by atoms with Gasteiger partial charge in [-0.25, -0.2) is 4.98 Å². The zero-order chi connectivity index (χ0) is 30.5. The predicted molar refractivity (Wildman–Crippen MR) is 164 cm³/mol. The molecule has 1 aromatic carbocycles. The van der Waals surface area contributed by atoms with Crippen molar-refractivity contribution in [3.63, 3.8) is 0 Å². The molecule has 0 spiro atoms. The van der Waals surface area contributed by atoms with Gasteiger partial charge in [-0.05, 0) is 62.5 Å². The summed E-state index contributed by atoms with van der Waals surface area (Å²) in [6.45, 7) is 5.99. The Morgan fingerprint density at radius 1 is 1.09 bits per heavy atom. The lowest BCUT2D eigenvalue weighted by Gasteiger charge is -2.33. The molecule has 2 atom stereocenters. The first-order valence-electron chi connectivity index (χ1n) is 15.1. The van der Waals surface area contributed by atoms with Crippen molar-refractivity contribution in [3.05, 3.63) is 76.7 Å². The maximum Gasteiger partial charge on any atom is 0.292 e. The van der Waals surface area contributed by atoms with Crippen LogP contribution < -0.4 is 9.47 Å². The van der Waals surface area contributed by atoms with Crippen LogP contribution in [-0.4, -0.2) is 65.4 Å². The average Bonchev–Trinajstić information content (AvgIpc) is 3.74. The lowest BCUT2D eigenvalue weighted by atomic mass is 9.88. The number of nitrogens with zero attached hydrogens (tertiary/aromatic N) is 8. The van der Waals surface area contributed by atoms with Gasteiger partial charge in [0, 0.05) is 25.3 Å². The smallest absolute Gasteiger partial charge is 0.292 e. The Labute approximate surface area is 264 Å².